The number of pyridine rings is 1. The van der Waals surface area contributed by atoms with Crippen LogP contribution in [0.15, 0.2) is 23.3 Å². The minimum Gasteiger partial charge on any atom is -0.476 e. The van der Waals surface area contributed by atoms with Gasteiger partial charge in [-0.15, -0.1) is 0 Å². The number of ether oxygens (including phenoxy) is 1. The summed E-state index contributed by atoms with van der Waals surface area (Å²) in [5, 5.41) is 9.28. The van der Waals surface area contributed by atoms with Crippen molar-refractivity contribution in [2.45, 2.75) is 26.3 Å². The van der Waals surface area contributed by atoms with E-state index in [0.29, 0.717) is 23.9 Å². The number of carboxylic acids is 1. The molecule has 0 spiro atoms. The smallest absolute Gasteiger partial charge is 0.356 e. The summed E-state index contributed by atoms with van der Waals surface area (Å²) in [5.74, 6) is -0.0388. The number of nitrogens with zero attached hydrogens (tertiary/aromatic N) is 3. The van der Waals surface area contributed by atoms with Crippen LogP contribution in [0, 0.1) is 12.8 Å². The van der Waals surface area contributed by atoms with E-state index < -0.39 is 5.97 Å². The minimum atomic E-state index is -1.05. The summed E-state index contributed by atoms with van der Waals surface area (Å²) in [5.41, 5.74) is 1.30. The highest BCUT2D eigenvalue weighted by molar-refractivity contribution is 5.86. The van der Waals surface area contributed by atoms with Gasteiger partial charge in [0.05, 0.1) is 0 Å². The summed E-state index contributed by atoms with van der Waals surface area (Å²) in [6.07, 6.45) is 5.18. The van der Waals surface area contributed by atoms with Crippen LogP contribution in [0.5, 0.6) is 0 Å². The Labute approximate surface area is 139 Å². The van der Waals surface area contributed by atoms with E-state index in [2.05, 4.69) is 4.98 Å². The molecule has 7 heteroatoms. The summed E-state index contributed by atoms with van der Waals surface area (Å²) in [4.78, 5) is 27.5. The number of aryl methyl sites for hydroxylation is 2. The Morgan fingerprint density at radius 1 is 1.38 bits per heavy atom. The van der Waals surface area contributed by atoms with Gasteiger partial charge in [0, 0.05) is 50.3 Å². The Hall–Kier alpha value is -2.41. The predicted molar refractivity (Wildman–Crippen MR) is 88.1 cm³/mol. The summed E-state index contributed by atoms with van der Waals surface area (Å²) >= 11 is 0. The molecule has 3 rings (SSSR count). The predicted octanol–water partition coefficient (Wildman–Crippen LogP) is 1.68. The molecule has 0 bridgehead atoms. The second-order valence-electron chi connectivity index (χ2n) is 6.29. The van der Waals surface area contributed by atoms with Gasteiger partial charge < -0.3 is 19.0 Å². The number of rotatable bonds is 4. The van der Waals surface area contributed by atoms with E-state index in [9.17, 15) is 14.7 Å². The molecule has 0 radical (unpaired) electrons. The van der Waals surface area contributed by atoms with Crippen LogP contribution >= 0.6 is 0 Å². The van der Waals surface area contributed by atoms with Crippen LogP contribution in [0.25, 0.3) is 11.4 Å². The van der Waals surface area contributed by atoms with Gasteiger partial charge in [-0.05, 0) is 31.7 Å². The molecule has 2 aromatic heterocycles. The molecule has 7 nitrogen and oxygen atoms in total. The van der Waals surface area contributed by atoms with Crippen molar-refractivity contribution in [3.05, 3.63) is 40.1 Å². The van der Waals surface area contributed by atoms with Crippen LogP contribution < -0.4 is 5.56 Å². The van der Waals surface area contributed by atoms with Gasteiger partial charge >= 0.3 is 5.97 Å². The van der Waals surface area contributed by atoms with Crippen molar-refractivity contribution in [3.63, 3.8) is 0 Å². The monoisotopic (exact) mass is 331 g/mol. The van der Waals surface area contributed by atoms with Gasteiger partial charge in [0.1, 0.15) is 5.82 Å². The summed E-state index contributed by atoms with van der Waals surface area (Å²) < 4.78 is 8.77. The molecule has 24 heavy (non-hydrogen) atoms. The third kappa shape index (κ3) is 3.26. The topological polar surface area (TPSA) is 86.3 Å². The van der Waals surface area contributed by atoms with E-state index >= 15 is 0 Å². The van der Waals surface area contributed by atoms with Crippen molar-refractivity contribution < 1.29 is 14.6 Å². The third-order valence-electron chi connectivity index (χ3n) is 4.41. The maximum absolute atomic E-state index is 11.9. The quantitative estimate of drug-likeness (QED) is 0.921. The van der Waals surface area contributed by atoms with Gasteiger partial charge in [-0.3, -0.25) is 4.79 Å². The van der Waals surface area contributed by atoms with Crippen LogP contribution in [0.1, 0.15) is 28.9 Å². The van der Waals surface area contributed by atoms with E-state index in [1.165, 1.54) is 4.57 Å². The maximum Gasteiger partial charge on any atom is 0.356 e. The summed E-state index contributed by atoms with van der Waals surface area (Å²) in [6, 6.07) is 1.76. The van der Waals surface area contributed by atoms with Gasteiger partial charge in [-0.2, -0.15) is 0 Å². The standard InChI is InChI=1S/C17H21N3O4/c1-11-7-13(9-19(2)16(11)21)15-18-14(17(22)23)10-20(15)8-12-3-5-24-6-4-12/h7,9-10,12H,3-6,8H2,1-2H3,(H,22,23). The number of aromatic carboxylic acids is 1. The summed E-state index contributed by atoms with van der Waals surface area (Å²) in [7, 11) is 1.68. The molecule has 0 unspecified atom stereocenters. The lowest BCUT2D eigenvalue weighted by Crippen LogP contribution is -2.21. The molecule has 0 saturated carbocycles. The average Bonchev–Trinajstić information content (AvgIpc) is 2.97. The van der Waals surface area contributed by atoms with Crippen molar-refractivity contribution in [3.8, 4) is 11.4 Å². The van der Waals surface area contributed by atoms with Crippen LogP contribution in [0.2, 0.25) is 0 Å². The number of hydrogen-bond donors (Lipinski definition) is 1. The lowest BCUT2D eigenvalue weighted by molar-refractivity contribution is 0.0612. The molecule has 1 N–H and O–H groups in total. The largest absolute Gasteiger partial charge is 0.476 e. The Bertz CT molecular complexity index is 789. The molecule has 3 heterocycles. The Morgan fingerprint density at radius 3 is 2.71 bits per heavy atom. The third-order valence-corrected chi connectivity index (χ3v) is 4.41. The van der Waals surface area contributed by atoms with Crippen molar-refractivity contribution in [1.29, 1.82) is 0 Å². The molecule has 0 aliphatic carbocycles. The van der Waals surface area contributed by atoms with Gasteiger partial charge in [0.15, 0.2) is 5.69 Å². The van der Waals surface area contributed by atoms with Crippen LogP contribution in [-0.4, -0.2) is 38.4 Å². The van der Waals surface area contributed by atoms with Gasteiger partial charge in [-0.25, -0.2) is 9.78 Å². The first-order valence-electron chi connectivity index (χ1n) is 8.01. The van der Waals surface area contributed by atoms with Gasteiger partial charge in [0.2, 0.25) is 0 Å². The number of carbonyl (C=O) groups is 1. The molecule has 1 saturated heterocycles. The maximum atomic E-state index is 11.9. The fraction of sp³-hybridized carbons (Fsp3) is 0.471. The number of imidazole rings is 1. The molecule has 128 valence electrons. The molecule has 0 aromatic carbocycles. The second kappa shape index (κ2) is 6.60. The van der Waals surface area contributed by atoms with E-state index in [1.807, 2.05) is 4.57 Å². The normalized spacial score (nSPS) is 15.6. The van der Waals surface area contributed by atoms with Crippen molar-refractivity contribution in [1.82, 2.24) is 14.1 Å². The molecule has 0 amide bonds. The lowest BCUT2D eigenvalue weighted by atomic mass is 10.0. The minimum absolute atomic E-state index is 0.0172. The van der Waals surface area contributed by atoms with E-state index in [1.54, 1.807) is 32.4 Å². The first-order valence-corrected chi connectivity index (χ1v) is 8.01. The fourth-order valence-corrected chi connectivity index (χ4v) is 3.10. The number of hydrogen-bond acceptors (Lipinski definition) is 4. The first kappa shape index (κ1) is 16.4. The highest BCUT2D eigenvalue weighted by Gasteiger charge is 2.20. The zero-order chi connectivity index (χ0) is 17.3. The van der Waals surface area contributed by atoms with E-state index in [4.69, 9.17) is 4.74 Å². The van der Waals surface area contributed by atoms with E-state index in [-0.39, 0.29) is 11.3 Å². The van der Waals surface area contributed by atoms with E-state index in [0.717, 1.165) is 31.6 Å². The molecular weight excluding hydrogens is 310 g/mol. The average molecular weight is 331 g/mol. The van der Waals surface area contributed by atoms with Gasteiger partial charge in [0.25, 0.3) is 5.56 Å². The Balaban J connectivity index is 2.02. The molecule has 1 aliphatic heterocycles. The molecule has 0 atom stereocenters. The van der Waals surface area contributed by atoms with Crippen molar-refractivity contribution in [2.24, 2.45) is 13.0 Å². The fourth-order valence-electron chi connectivity index (χ4n) is 3.10. The number of aromatic nitrogens is 3. The highest BCUT2D eigenvalue weighted by atomic mass is 16.5. The molecule has 1 fully saturated rings. The molecular formula is C17H21N3O4. The lowest BCUT2D eigenvalue weighted by Gasteiger charge is -2.23. The van der Waals surface area contributed by atoms with Crippen LogP contribution in [-0.2, 0) is 18.3 Å². The Morgan fingerprint density at radius 2 is 2.08 bits per heavy atom. The summed E-state index contributed by atoms with van der Waals surface area (Å²) in [6.45, 7) is 3.91. The van der Waals surface area contributed by atoms with Crippen LogP contribution in [0.4, 0.5) is 0 Å². The van der Waals surface area contributed by atoms with Gasteiger partial charge in [-0.1, -0.05) is 0 Å². The van der Waals surface area contributed by atoms with Crippen LogP contribution in [0.3, 0.4) is 0 Å². The second-order valence-corrected chi connectivity index (χ2v) is 6.29. The van der Waals surface area contributed by atoms with Crippen molar-refractivity contribution in [2.75, 3.05) is 13.2 Å². The SMILES string of the molecule is Cc1cc(-c2nc(C(=O)O)cn2CC2CCOCC2)cn(C)c1=O. The molecule has 1 aliphatic rings. The molecule has 2 aromatic rings. The van der Waals surface area contributed by atoms with Crippen molar-refractivity contribution >= 4 is 5.97 Å². The zero-order valence-corrected chi connectivity index (χ0v) is 13.9. The Kier molecular flexibility index (Phi) is 4.53. The zero-order valence-electron chi connectivity index (χ0n) is 13.9. The first-order chi connectivity index (χ1) is 11.5. The highest BCUT2D eigenvalue weighted by Crippen LogP contribution is 2.23. The number of carboxylic acid groups (broad SMARTS) is 1.